The number of nitrogens with zero attached hydrogens (tertiary/aromatic N) is 1. The van der Waals surface area contributed by atoms with Crippen molar-refractivity contribution in [2.24, 2.45) is 0 Å². The zero-order valence-electron chi connectivity index (χ0n) is 11.7. The van der Waals surface area contributed by atoms with E-state index in [-0.39, 0.29) is 12.3 Å². The van der Waals surface area contributed by atoms with E-state index in [1.54, 1.807) is 13.8 Å². The number of alkyl halides is 3. The summed E-state index contributed by atoms with van der Waals surface area (Å²) in [6, 6.07) is 2.73. The molecule has 0 heterocycles. The number of nitrogens with one attached hydrogen (secondary N) is 1. The van der Waals surface area contributed by atoms with Gasteiger partial charge in [0.1, 0.15) is 5.56 Å². The van der Waals surface area contributed by atoms with Crippen LogP contribution in [-0.4, -0.2) is 22.2 Å². The minimum absolute atomic E-state index is 0.0886. The lowest BCUT2D eigenvalue weighted by atomic mass is 9.93. The number of aliphatic hydroxyl groups excluding tert-OH is 1. The third-order valence-electron chi connectivity index (χ3n) is 3.56. The SMILES string of the molecule is CCC(CC)(CO)Nc1ccc([N+](=O)[O-])c(C(F)(F)F)c1. The van der Waals surface area contributed by atoms with Gasteiger partial charge in [-0.3, -0.25) is 10.1 Å². The zero-order valence-corrected chi connectivity index (χ0v) is 11.7. The van der Waals surface area contributed by atoms with Crippen LogP contribution >= 0.6 is 0 Å². The van der Waals surface area contributed by atoms with E-state index in [4.69, 9.17) is 0 Å². The first kappa shape index (κ1) is 17.2. The van der Waals surface area contributed by atoms with Crippen LogP contribution in [-0.2, 0) is 6.18 Å². The highest BCUT2D eigenvalue weighted by Crippen LogP contribution is 2.38. The van der Waals surface area contributed by atoms with Gasteiger partial charge in [0.05, 0.1) is 17.1 Å². The van der Waals surface area contributed by atoms with Crippen molar-refractivity contribution in [3.8, 4) is 0 Å². The van der Waals surface area contributed by atoms with Gasteiger partial charge in [-0.15, -0.1) is 0 Å². The molecule has 1 aromatic rings. The Hall–Kier alpha value is -1.83. The third kappa shape index (κ3) is 3.84. The number of anilines is 1. The molecule has 5 nitrogen and oxygen atoms in total. The van der Waals surface area contributed by atoms with Crippen molar-refractivity contribution >= 4 is 11.4 Å². The maximum Gasteiger partial charge on any atom is 0.423 e. The highest BCUT2D eigenvalue weighted by Gasteiger charge is 2.39. The zero-order chi connectivity index (χ0) is 16.3. The summed E-state index contributed by atoms with van der Waals surface area (Å²) in [7, 11) is 0. The van der Waals surface area contributed by atoms with E-state index in [2.05, 4.69) is 5.32 Å². The molecule has 0 radical (unpaired) electrons. The fraction of sp³-hybridized carbons (Fsp3) is 0.538. The summed E-state index contributed by atoms with van der Waals surface area (Å²) in [5, 5.41) is 22.9. The Morgan fingerprint density at radius 3 is 2.24 bits per heavy atom. The summed E-state index contributed by atoms with van der Waals surface area (Å²) >= 11 is 0. The van der Waals surface area contributed by atoms with E-state index in [9.17, 15) is 28.4 Å². The third-order valence-corrected chi connectivity index (χ3v) is 3.56. The number of nitro groups is 1. The van der Waals surface area contributed by atoms with E-state index in [1.807, 2.05) is 0 Å². The van der Waals surface area contributed by atoms with Crippen molar-refractivity contribution in [2.75, 3.05) is 11.9 Å². The molecule has 0 atom stereocenters. The number of halogens is 3. The van der Waals surface area contributed by atoms with Crippen molar-refractivity contribution in [1.82, 2.24) is 0 Å². The molecule has 0 saturated heterocycles. The van der Waals surface area contributed by atoms with Crippen LogP contribution in [0.15, 0.2) is 18.2 Å². The Bertz CT molecular complexity index is 506. The van der Waals surface area contributed by atoms with E-state index in [1.165, 1.54) is 6.07 Å². The monoisotopic (exact) mass is 306 g/mol. The molecule has 2 N–H and O–H groups in total. The molecule has 1 rings (SSSR count). The fourth-order valence-electron chi connectivity index (χ4n) is 2.00. The molecule has 0 aliphatic carbocycles. The predicted molar refractivity (Wildman–Crippen MR) is 72.1 cm³/mol. The van der Waals surface area contributed by atoms with Gasteiger partial charge in [0, 0.05) is 11.8 Å². The number of nitro benzene ring substituents is 1. The second-order valence-corrected chi connectivity index (χ2v) is 4.76. The van der Waals surface area contributed by atoms with Gasteiger partial charge in [0.15, 0.2) is 0 Å². The van der Waals surface area contributed by atoms with Gasteiger partial charge in [-0.25, -0.2) is 0 Å². The lowest BCUT2D eigenvalue weighted by Gasteiger charge is -2.32. The molecular formula is C13H17F3N2O3. The van der Waals surface area contributed by atoms with Gasteiger partial charge < -0.3 is 10.4 Å². The van der Waals surface area contributed by atoms with E-state index >= 15 is 0 Å². The normalized spacial score (nSPS) is 12.3. The van der Waals surface area contributed by atoms with Gasteiger partial charge in [-0.1, -0.05) is 13.8 Å². The van der Waals surface area contributed by atoms with E-state index in [0.29, 0.717) is 18.9 Å². The maximum atomic E-state index is 12.9. The summed E-state index contributed by atoms with van der Waals surface area (Å²) in [5.74, 6) is 0. The van der Waals surface area contributed by atoms with Gasteiger partial charge in [0.25, 0.3) is 5.69 Å². The smallest absolute Gasteiger partial charge is 0.394 e. The van der Waals surface area contributed by atoms with Crippen molar-refractivity contribution in [1.29, 1.82) is 0 Å². The van der Waals surface area contributed by atoms with Crippen molar-refractivity contribution in [3.05, 3.63) is 33.9 Å². The molecule has 8 heteroatoms. The van der Waals surface area contributed by atoms with Crippen molar-refractivity contribution in [2.45, 2.75) is 38.4 Å². The molecule has 0 aliphatic rings. The van der Waals surface area contributed by atoms with Gasteiger partial charge >= 0.3 is 6.18 Å². The number of hydrogen-bond acceptors (Lipinski definition) is 4. The van der Waals surface area contributed by atoms with Crippen LogP contribution in [0.5, 0.6) is 0 Å². The standard InChI is InChI=1S/C13H17F3N2O3/c1-3-12(4-2,8-19)17-9-5-6-11(18(20)21)10(7-9)13(14,15)16/h5-7,17,19H,3-4,8H2,1-2H3. The number of hydrogen-bond donors (Lipinski definition) is 2. The minimum Gasteiger partial charge on any atom is -0.394 e. The molecule has 0 bridgehead atoms. The van der Waals surface area contributed by atoms with E-state index in [0.717, 1.165) is 6.07 Å². The van der Waals surface area contributed by atoms with Crippen LogP contribution in [0.3, 0.4) is 0 Å². The first-order chi connectivity index (χ1) is 9.69. The summed E-state index contributed by atoms with van der Waals surface area (Å²) in [6.45, 7) is 3.34. The van der Waals surface area contributed by atoms with Gasteiger partial charge in [0.2, 0.25) is 0 Å². The Morgan fingerprint density at radius 2 is 1.86 bits per heavy atom. The molecule has 0 fully saturated rings. The molecule has 0 amide bonds. The number of rotatable bonds is 6. The molecular weight excluding hydrogens is 289 g/mol. The average molecular weight is 306 g/mol. The largest absolute Gasteiger partial charge is 0.423 e. The summed E-state index contributed by atoms with van der Waals surface area (Å²) in [5.41, 5.74) is -2.96. The van der Waals surface area contributed by atoms with Gasteiger partial charge in [-0.2, -0.15) is 13.2 Å². The van der Waals surface area contributed by atoms with Crippen molar-refractivity contribution < 1.29 is 23.2 Å². The summed E-state index contributed by atoms with van der Waals surface area (Å²) < 4.78 is 38.7. The molecule has 0 unspecified atom stereocenters. The molecule has 0 aromatic heterocycles. The Labute approximate surface area is 119 Å². The van der Waals surface area contributed by atoms with Crippen molar-refractivity contribution in [3.63, 3.8) is 0 Å². The second-order valence-electron chi connectivity index (χ2n) is 4.76. The van der Waals surface area contributed by atoms with Crippen LogP contribution in [0.1, 0.15) is 32.3 Å². The lowest BCUT2D eigenvalue weighted by molar-refractivity contribution is -0.388. The lowest BCUT2D eigenvalue weighted by Crippen LogP contribution is -2.40. The average Bonchev–Trinajstić information content (AvgIpc) is 2.43. The first-order valence-corrected chi connectivity index (χ1v) is 6.43. The molecule has 1 aromatic carbocycles. The Morgan fingerprint density at radius 1 is 1.29 bits per heavy atom. The number of benzene rings is 1. The van der Waals surface area contributed by atoms with Crippen LogP contribution < -0.4 is 5.32 Å². The van der Waals surface area contributed by atoms with Crippen LogP contribution in [0.2, 0.25) is 0 Å². The quantitative estimate of drug-likeness (QED) is 0.622. The maximum absolute atomic E-state index is 12.9. The Kier molecular flexibility index (Phi) is 5.16. The first-order valence-electron chi connectivity index (χ1n) is 6.43. The molecule has 118 valence electrons. The second kappa shape index (κ2) is 6.30. The van der Waals surface area contributed by atoms with Gasteiger partial charge in [-0.05, 0) is 25.0 Å². The highest BCUT2D eigenvalue weighted by atomic mass is 19.4. The molecule has 0 saturated carbocycles. The molecule has 21 heavy (non-hydrogen) atoms. The van der Waals surface area contributed by atoms with E-state index < -0.39 is 27.9 Å². The van der Waals surface area contributed by atoms with Crippen LogP contribution in [0.4, 0.5) is 24.5 Å². The Balaban J connectivity index is 3.26. The van der Waals surface area contributed by atoms with Crippen LogP contribution in [0, 0.1) is 10.1 Å². The molecule has 0 aliphatic heterocycles. The summed E-state index contributed by atoms with van der Waals surface area (Å²) in [6.07, 6.45) is -3.82. The topological polar surface area (TPSA) is 75.4 Å². The highest BCUT2D eigenvalue weighted by molar-refractivity contribution is 5.56. The predicted octanol–water partition coefficient (Wildman–Crippen LogP) is 3.58. The molecule has 0 spiro atoms. The minimum atomic E-state index is -4.82. The van der Waals surface area contributed by atoms with Crippen LogP contribution in [0.25, 0.3) is 0 Å². The fourth-order valence-corrected chi connectivity index (χ4v) is 2.00. The summed E-state index contributed by atoms with van der Waals surface area (Å²) in [4.78, 5) is 9.61. The number of aliphatic hydroxyl groups is 1.